The van der Waals surface area contributed by atoms with Crippen molar-refractivity contribution in [2.45, 2.75) is 6.92 Å². The number of carboxylic acid groups (broad SMARTS) is 1. The number of carbonyl (C=O) groups is 1. The second-order valence-corrected chi connectivity index (χ2v) is 7.26. The van der Waals surface area contributed by atoms with E-state index in [0.717, 1.165) is 38.7 Å². The summed E-state index contributed by atoms with van der Waals surface area (Å²) in [7, 11) is 0. The monoisotopic (exact) mass is 390 g/mol. The molecule has 0 radical (unpaired) electrons. The van der Waals surface area contributed by atoms with E-state index >= 15 is 0 Å². The summed E-state index contributed by atoms with van der Waals surface area (Å²) in [5.74, 6) is -1.05. The molecule has 5 rings (SSSR count). The lowest BCUT2D eigenvalue weighted by molar-refractivity contribution is 0.0691. The summed E-state index contributed by atoms with van der Waals surface area (Å²) in [6, 6.07) is 27.7. The normalized spacial score (nSPS) is 11.1. The van der Waals surface area contributed by atoms with Gasteiger partial charge in [0.2, 0.25) is 0 Å². The number of aryl methyl sites for hydroxylation is 1. The van der Waals surface area contributed by atoms with Crippen LogP contribution in [-0.2, 0) is 0 Å². The quantitative estimate of drug-likeness (QED) is 0.377. The zero-order chi connectivity index (χ0) is 20.7. The Morgan fingerprint density at radius 3 is 1.73 bits per heavy atom. The van der Waals surface area contributed by atoms with Crippen LogP contribution in [0.15, 0.2) is 84.9 Å². The van der Waals surface area contributed by atoms with Crippen LogP contribution in [-0.4, -0.2) is 21.0 Å². The lowest BCUT2D eigenvalue weighted by Gasteiger charge is -2.13. The molecule has 0 aliphatic rings. The molecule has 1 N–H and O–H groups in total. The molecular formula is C26H18N2O2. The van der Waals surface area contributed by atoms with Crippen molar-refractivity contribution >= 4 is 27.8 Å². The van der Waals surface area contributed by atoms with Crippen LogP contribution in [0.25, 0.3) is 44.1 Å². The van der Waals surface area contributed by atoms with Gasteiger partial charge in [0.25, 0.3) is 0 Å². The molecule has 0 unspecified atom stereocenters. The second-order valence-electron chi connectivity index (χ2n) is 7.26. The first-order valence-corrected chi connectivity index (χ1v) is 9.71. The van der Waals surface area contributed by atoms with Gasteiger partial charge in [0.15, 0.2) is 0 Å². The second kappa shape index (κ2) is 7.08. The molecule has 0 spiro atoms. The van der Waals surface area contributed by atoms with Gasteiger partial charge < -0.3 is 5.11 Å². The highest BCUT2D eigenvalue weighted by atomic mass is 16.4. The largest absolute Gasteiger partial charge is 0.477 e. The number of hydrogen-bond donors (Lipinski definition) is 1. The van der Waals surface area contributed by atoms with Crippen molar-refractivity contribution in [3.8, 4) is 22.3 Å². The van der Waals surface area contributed by atoms with Gasteiger partial charge in [-0.1, -0.05) is 72.8 Å². The smallest absolute Gasteiger partial charge is 0.354 e. The Hall–Kier alpha value is -4.05. The summed E-state index contributed by atoms with van der Waals surface area (Å²) in [6.45, 7) is 1.95. The molecule has 2 aromatic heterocycles. The molecule has 0 aliphatic heterocycles. The van der Waals surface area contributed by atoms with Gasteiger partial charge in [0, 0.05) is 16.5 Å². The molecular weight excluding hydrogens is 372 g/mol. The van der Waals surface area contributed by atoms with Gasteiger partial charge in [-0.2, -0.15) is 0 Å². The maximum absolute atomic E-state index is 11.8. The topological polar surface area (TPSA) is 63.1 Å². The van der Waals surface area contributed by atoms with E-state index in [9.17, 15) is 9.90 Å². The number of rotatable bonds is 3. The molecule has 0 saturated heterocycles. The highest BCUT2D eigenvalue weighted by molar-refractivity contribution is 6.13. The van der Waals surface area contributed by atoms with Gasteiger partial charge in [-0.15, -0.1) is 0 Å². The van der Waals surface area contributed by atoms with Crippen LogP contribution in [0, 0.1) is 6.92 Å². The maximum Gasteiger partial charge on any atom is 0.354 e. The number of aromatic carboxylic acids is 1. The standard InChI is InChI=1S/C26H18N2O2/c1-16-14-21(17-8-4-2-5-9-17)19-12-13-20-22(18-10-6-3-7-11-18)15-23(26(29)30)28-25(20)24(19)27-16/h2-15H,1H3,(H,29,30). The Balaban J connectivity index is 1.91. The van der Waals surface area contributed by atoms with E-state index in [2.05, 4.69) is 29.2 Å². The zero-order valence-electron chi connectivity index (χ0n) is 16.3. The van der Waals surface area contributed by atoms with Gasteiger partial charge in [-0.3, -0.25) is 4.98 Å². The van der Waals surface area contributed by atoms with E-state index in [1.54, 1.807) is 6.07 Å². The van der Waals surface area contributed by atoms with E-state index in [1.807, 2.05) is 61.5 Å². The molecule has 0 bridgehead atoms. The fourth-order valence-corrected chi connectivity index (χ4v) is 3.93. The average Bonchev–Trinajstić information content (AvgIpc) is 2.78. The highest BCUT2D eigenvalue weighted by Gasteiger charge is 2.17. The third kappa shape index (κ3) is 2.99. The summed E-state index contributed by atoms with van der Waals surface area (Å²) in [6.07, 6.45) is 0. The molecule has 0 amide bonds. The van der Waals surface area contributed by atoms with E-state index in [4.69, 9.17) is 4.98 Å². The Morgan fingerprint density at radius 2 is 1.20 bits per heavy atom. The molecule has 144 valence electrons. The van der Waals surface area contributed by atoms with Crippen LogP contribution in [0.3, 0.4) is 0 Å². The molecule has 2 heterocycles. The lowest BCUT2D eigenvalue weighted by atomic mass is 9.95. The number of carboxylic acids is 1. The Bertz CT molecular complexity index is 1410. The number of benzene rings is 3. The minimum atomic E-state index is -1.05. The summed E-state index contributed by atoms with van der Waals surface area (Å²) in [5.41, 5.74) is 6.12. The molecule has 3 aromatic carbocycles. The first-order valence-electron chi connectivity index (χ1n) is 9.71. The third-order valence-electron chi connectivity index (χ3n) is 5.27. The molecule has 0 aliphatic carbocycles. The number of pyridine rings is 2. The summed E-state index contributed by atoms with van der Waals surface area (Å²) in [4.78, 5) is 21.1. The van der Waals surface area contributed by atoms with Crippen LogP contribution in [0.2, 0.25) is 0 Å². The first kappa shape index (κ1) is 18.0. The molecule has 0 saturated carbocycles. The van der Waals surface area contributed by atoms with E-state index in [0.29, 0.717) is 11.0 Å². The fourth-order valence-electron chi connectivity index (χ4n) is 3.93. The van der Waals surface area contributed by atoms with Crippen molar-refractivity contribution in [2.75, 3.05) is 0 Å². The maximum atomic E-state index is 11.8. The van der Waals surface area contributed by atoms with Crippen LogP contribution in [0.5, 0.6) is 0 Å². The molecule has 0 fully saturated rings. The number of aromatic nitrogens is 2. The zero-order valence-corrected chi connectivity index (χ0v) is 16.3. The average molecular weight is 390 g/mol. The van der Waals surface area contributed by atoms with E-state index in [1.165, 1.54) is 0 Å². The van der Waals surface area contributed by atoms with Crippen molar-refractivity contribution < 1.29 is 9.90 Å². The Morgan fingerprint density at radius 1 is 0.700 bits per heavy atom. The minimum absolute atomic E-state index is 0.0124. The number of nitrogens with zero attached hydrogens (tertiary/aromatic N) is 2. The van der Waals surface area contributed by atoms with Crippen molar-refractivity contribution in [3.63, 3.8) is 0 Å². The first-order chi connectivity index (χ1) is 14.6. The highest BCUT2D eigenvalue weighted by Crippen LogP contribution is 2.36. The third-order valence-corrected chi connectivity index (χ3v) is 5.27. The number of fused-ring (bicyclic) bond motifs is 3. The van der Waals surface area contributed by atoms with Gasteiger partial charge in [0.1, 0.15) is 5.69 Å². The molecule has 0 atom stereocenters. The van der Waals surface area contributed by atoms with Gasteiger partial charge in [-0.25, -0.2) is 9.78 Å². The summed E-state index contributed by atoms with van der Waals surface area (Å²) < 4.78 is 0. The summed E-state index contributed by atoms with van der Waals surface area (Å²) in [5, 5.41) is 11.5. The van der Waals surface area contributed by atoms with Crippen molar-refractivity contribution in [1.82, 2.24) is 9.97 Å². The van der Waals surface area contributed by atoms with Crippen LogP contribution in [0.1, 0.15) is 16.2 Å². The van der Waals surface area contributed by atoms with Crippen LogP contribution in [0.4, 0.5) is 0 Å². The fraction of sp³-hybridized carbons (Fsp3) is 0.0385. The molecule has 4 nitrogen and oxygen atoms in total. The molecule has 5 aromatic rings. The Kier molecular flexibility index (Phi) is 4.25. The predicted molar refractivity (Wildman–Crippen MR) is 120 cm³/mol. The summed E-state index contributed by atoms with van der Waals surface area (Å²) >= 11 is 0. The van der Waals surface area contributed by atoms with Crippen molar-refractivity contribution in [2.24, 2.45) is 0 Å². The van der Waals surface area contributed by atoms with Gasteiger partial charge >= 0.3 is 5.97 Å². The van der Waals surface area contributed by atoms with Crippen molar-refractivity contribution in [3.05, 3.63) is 96.3 Å². The lowest BCUT2D eigenvalue weighted by Crippen LogP contribution is -2.02. The van der Waals surface area contributed by atoms with Crippen LogP contribution >= 0.6 is 0 Å². The molecule has 4 heteroatoms. The van der Waals surface area contributed by atoms with E-state index in [-0.39, 0.29) is 5.69 Å². The predicted octanol–water partition coefficient (Wildman–Crippen LogP) is 6.12. The van der Waals surface area contributed by atoms with Gasteiger partial charge in [-0.05, 0) is 41.3 Å². The number of hydrogen-bond acceptors (Lipinski definition) is 3. The minimum Gasteiger partial charge on any atom is -0.477 e. The van der Waals surface area contributed by atoms with Crippen molar-refractivity contribution in [1.29, 1.82) is 0 Å². The SMILES string of the molecule is Cc1cc(-c2ccccc2)c2ccc3c(-c4ccccc4)cc(C(=O)O)nc3c2n1. The van der Waals surface area contributed by atoms with E-state index < -0.39 is 5.97 Å². The molecule has 30 heavy (non-hydrogen) atoms. The van der Waals surface area contributed by atoms with Crippen LogP contribution < -0.4 is 0 Å². The van der Waals surface area contributed by atoms with Gasteiger partial charge in [0.05, 0.1) is 11.0 Å². The Labute approximate surface area is 173 Å².